The van der Waals surface area contributed by atoms with Crippen LogP contribution in [0.1, 0.15) is 43.7 Å². The minimum absolute atomic E-state index is 0.00666. The Hall–Kier alpha value is -4.11. The number of carbonyl (C=O) groups excluding carboxylic acids is 3. The van der Waals surface area contributed by atoms with Crippen LogP contribution in [0.4, 0.5) is 9.52 Å². The summed E-state index contributed by atoms with van der Waals surface area (Å²) in [5, 5.41) is 11.3. The summed E-state index contributed by atoms with van der Waals surface area (Å²) in [5.74, 6) is -3.71. The van der Waals surface area contributed by atoms with Gasteiger partial charge in [-0.1, -0.05) is 59.9 Å². The van der Waals surface area contributed by atoms with Gasteiger partial charge in [-0.05, 0) is 38.5 Å². The molecule has 0 bridgehead atoms. The molecule has 0 saturated carbocycles. The van der Waals surface area contributed by atoms with Crippen molar-refractivity contribution < 1.29 is 28.6 Å². The summed E-state index contributed by atoms with van der Waals surface area (Å²) in [6, 6.07) is 9.73. The van der Waals surface area contributed by atoms with Crippen LogP contribution in [0.25, 0.3) is 5.76 Å². The Bertz CT molecular complexity index is 1440. The Morgan fingerprint density at radius 3 is 2.64 bits per heavy atom. The van der Waals surface area contributed by atoms with Crippen LogP contribution in [0, 0.1) is 26.6 Å². The van der Waals surface area contributed by atoms with Gasteiger partial charge < -0.3 is 9.84 Å². The molecule has 1 unspecified atom stereocenters. The zero-order valence-corrected chi connectivity index (χ0v) is 20.7. The maximum Gasteiger partial charge on any atom is 0.350 e. The largest absolute Gasteiger partial charge is 0.507 e. The van der Waals surface area contributed by atoms with E-state index < -0.39 is 35.3 Å². The standard InChI is InChI=1S/C27H23FN2O5S/c1-5-12-35-26(34)24-16(4)29-27(36-24)30-21(17-8-6-7-9-19(17)28)20(23(32)25(30)33)22(31)18-13-14(2)10-11-15(18)3/h5-11,13,21,31H,1,12H2,2-4H3. The van der Waals surface area contributed by atoms with Gasteiger partial charge in [0.1, 0.15) is 29.1 Å². The molecule has 1 amide bonds. The molecule has 0 radical (unpaired) electrons. The van der Waals surface area contributed by atoms with Crippen molar-refractivity contribution in [3.63, 3.8) is 0 Å². The van der Waals surface area contributed by atoms with Crippen LogP contribution in [0.3, 0.4) is 0 Å². The van der Waals surface area contributed by atoms with Crippen LogP contribution < -0.4 is 4.90 Å². The van der Waals surface area contributed by atoms with E-state index in [1.165, 1.54) is 24.3 Å². The fourth-order valence-corrected chi connectivity index (χ4v) is 5.02. The van der Waals surface area contributed by atoms with Crippen LogP contribution in [0.5, 0.6) is 0 Å². The van der Waals surface area contributed by atoms with Gasteiger partial charge in [-0.15, -0.1) is 0 Å². The Kier molecular flexibility index (Phi) is 6.85. The number of thiazole rings is 1. The molecule has 1 saturated heterocycles. The van der Waals surface area contributed by atoms with Crippen molar-refractivity contribution in [1.29, 1.82) is 0 Å². The molecule has 2 aromatic carbocycles. The van der Waals surface area contributed by atoms with Crippen LogP contribution in [-0.2, 0) is 14.3 Å². The number of Topliss-reactive ketones (excluding diaryl/α,β-unsaturated/α-hetero) is 1. The van der Waals surface area contributed by atoms with Gasteiger partial charge in [0, 0.05) is 11.1 Å². The van der Waals surface area contributed by atoms with E-state index in [0.717, 1.165) is 21.8 Å². The number of aromatic nitrogens is 1. The van der Waals surface area contributed by atoms with E-state index in [1.807, 2.05) is 13.0 Å². The average molecular weight is 507 g/mol. The SMILES string of the molecule is C=CCOC(=O)c1sc(N2C(=O)C(=O)C(=C(O)c3cc(C)ccc3C)C2c2ccccc2F)nc1C. The highest BCUT2D eigenvalue weighted by atomic mass is 32.1. The molecule has 1 fully saturated rings. The number of ether oxygens (including phenoxy) is 1. The van der Waals surface area contributed by atoms with Gasteiger partial charge >= 0.3 is 11.9 Å². The fraction of sp³-hybridized carbons (Fsp3) is 0.185. The van der Waals surface area contributed by atoms with E-state index in [2.05, 4.69) is 11.6 Å². The number of carbonyl (C=O) groups is 3. The van der Waals surface area contributed by atoms with E-state index in [-0.39, 0.29) is 33.4 Å². The number of esters is 1. The Morgan fingerprint density at radius 1 is 1.22 bits per heavy atom. The normalized spacial score (nSPS) is 16.9. The van der Waals surface area contributed by atoms with E-state index in [4.69, 9.17) is 4.74 Å². The van der Waals surface area contributed by atoms with Gasteiger partial charge in [-0.3, -0.25) is 14.5 Å². The second-order valence-corrected chi connectivity index (χ2v) is 9.28. The smallest absolute Gasteiger partial charge is 0.350 e. The van der Waals surface area contributed by atoms with Gasteiger partial charge in [-0.25, -0.2) is 14.2 Å². The van der Waals surface area contributed by atoms with Crippen LogP contribution in [0.2, 0.25) is 0 Å². The first-order valence-corrected chi connectivity index (χ1v) is 11.9. The van der Waals surface area contributed by atoms with Crippen LogP contribution in [0.15, 0.2) is 60.7 Å². The molecule has 1 N–H and O–H groups in total. The van der Waals surface area contributed by atoms with Crippen LogP contribution in [-0.4, -0.2) is 34.4 Å². The minimum Gasteiger partial charge on any atom is -0.507 e. The molecule has 4 rings (SSSR count). The number of aliphatic hydroxyl groups is 1. The van der Waals surface area contributed by atoms with Gasteiger partial charge in [-0.2, -0.15) is 0 Å². The van der Waals surface area contributed by atoms with Gasteiger partial charge in [0.2, 0.25) is 0 Å². The highest BCUT2D eigenvalue weighted by molar-refractivity contribution is 7.17. The van der Waals surface area contributed by atoms with Crippen molar-refractivity contribution >= 4 is 39.9 Å². The minimum atomic E-state index is -1.30. The van der Waals surface area contributed by atoms with Crippen molar-refractivity contribution in [2.24, 2.45) is 0 Å². The third-order valence-corrected chi connectivity index (χ3v) is 6.94. The third-order valence-electron chi connectivity index (χ3n) is 5.80. The predicted molar refractivity (Wildman–Crippen MR) is 134 cm³/mol. The molecule has 1 atom stereocenters. The number of hydrogen-bond acceptors (Lipinski definition) is 7. The van der Waals surface area contributed by atoms with Crippen molar-refractivity contribution in [1.82, 2.24) is 4.98 Å². The lowest BCUT2D eigenvalue weighted by Crippen LogP contribution is -2.29. The molecular formula is C27H23FN2O5S. The fourth-order valence-electron chi connectivity index (χ4n) is 4.03. The van der Waals surface area contributed by atoms with Crippen molar-refractivity contribution in [3.05, 3.63) is 99.3 Å². The molecule has 7 nitrogen and oxygen atoms in total. The topological polar surface area (TPSA) is 96.8 Å². The number of benzene rings is 2. The average Bonchev–Trinajstić information content (AvgIpc) is 3.35. The monoisotopic (exact) mass is 506 g/mol. The number of ketones is 1. The highest BCUT2D eigenvalue weighted by Crippen LogP contribution is 2.44. The summed E-state index contributed by atoms with van der Waals surface area (Å²) < 4.78 is 20.2. The maximum absolute atomic E-state index is 15.1. The molecule has 0 aliphatic carbocycles. The molecule has 1 aliphatic rings. The second kappa shape index (κ2) is 9.87. The Balaban J connectivity index is 1.93. The number of nitrogens with zero attached hydrogens (tertiary/aromatic N) is 2. The van der Waals surface area contributed by atoms with E-state index >= 15 is 4.39 Å². The van der Waals surface area contributed by atoms with Gasteiger partial charge in [0.05, 0.1) is 11.3 Å². The van der Waals surface area contributed by atoms with Crippen molar-refractivity contribution in [2.75, 3.05) is 11.5 Å². The summed E-state index contributed by atoms with van der Waals surface area (Å²) in [6.07, 6.45) is 1.42. The van der Waals surface area contributed by atoms with Crippen molar-refractivity contribution in [3.8, 4) is 0 Å². The number of halogens is 1. The lowest BCUT2D eigenvalue weighted by atomic mass is 9.93. The molecule has 1 aliphatic heterocycles. The summed E-state index contributed by atoms with van der Waals surface area (Å²) in [6.45, 7) is 8.64. The predicted octanol–water partition coefficient (Wildman–Crippen LogP) is 5.18. The molecule has 36 heavy (non-hydrogen) atoms. The molecule has 9 heteroatoms. The second-order valence-electron chi connectivity index (χ2n) is 8.31. The lowest BCUT2D eigenvalue weighted by Gasteiger charge is -2.23. The number of aryl methyl sites for hydroxylation is 3. The lowest BCUT2D eigenvalue weighted by molar-refractivity contribution is -0.132. The van der Waals surface area contributed by atoms with E-state index in [9.17, 15) is 19.5 Å². The highest BCUT2D eigenvalue weighted by Gasteiger charge is 2.49. The van der Waals surface area contributed by atoms with E-state index in [0.29, 0.717) is 11.1 Å². The summed E-state index contributed by atoms with van der Waals surface area (Å²) in [4.78, 5) is 44.6. The maximum atomic E-state index is 15.1. The molecule has 3 aromatic rings. The van der Waals surface area contributed by atoms with Crippen LogP contribution >= 0.6 is 11.3 Å². The first-order valence-electron chi connectivity index (χ1n) is 11.0. The van der Waals surface area contributed by atoms with Gasteiger partial charge in [0.25, 0.3) is 5.78 Å². The molecular weight excluding hydrogens is 483 g/mol. The summed E-state index contributed by atoms with van der Waals surface area (Å²) in [5.41, 5.74) is 1.90. The van der Waals surface area contributed by atoms with Gasteiger partial charge in [0.15, 0.2) is 5.13 Å². The number of aliphatic hydroxyl groups excluding tert-OH is 1. The number of rotatable bonds is 6. The Labute approximate surface area is 211 Å². The molecule has 1 aromatic heterocycles. The zero-order chi connectivity index (χ0) is 26.1. The van der Waals surface area contributed by atoms with E-state index in [1.54, 1.807) is 32.0 Å². The summed E-state index contributed by atoms with van der Waals surface area (Å²) in [7, 11) is 0. The molecule has 0 spiro atoms. The first kappa shape index (κ1) is 25.0. The molecule has 184 valence electrons. The quantitative estimate of drug-likeness (QED) is 0.163. The summed E-state index contributed by atoms with van der Waals surface area (Å²) >= 11 is 0.847. The molecule has 2 heterocycles. The Morgan fingerprint density at radius 2 is 1.94 bits per heavy atom. The number of anilines is 1. The number of hydrogen-bond donors (Lipinski definition) is 1. The van der Waals surface area contributed by atoms with Crippen molar-refractivity contribution in [2.45, 2.75) is 26.8 Å². The number of amides is 1. The zero-order valence-electron chi connectivity index (χ0n) is 19.9. The first-order chi connectivity index (χ1) is 17.1. The third kappa shape index (κ3) is 4.33.